The molecule has 1 saturated carbocycles. The smallest absolute Gasteiger partial charge is 0.228 e. The molecule has 2 N–H and O–H groups in total. The Kier molecular flexibility index (Phi) is 3.56. The number of nitrogens with two attached hydrogens (primary N) is 1. The van der Waals surface area contributed by atoms with Gasteiger partial charge in [-0.15, -0.1) is 0 Å². The molecule has 1 fully saturated rings. The minimum Gasteiger partial charge on any atom is -0.373 e. The van der Waals surface area contributed by atoms with Gasteiger partial charge >= 0.3 is 0 Å². The summed E-state index contributed by atoms with van der Waals surface area (Å²) in [6, 6.07) is 0. The third kappa shape index (κ3) is 2.80. The molecule has 1 aromatic heterocycles. The van der Waals surface area contributed by atoms with Gasteiger partial charge in [0.1, 0.15) is 6.61 Å². The Morgan fingerprint density at radius 2 is 2.31 bits per heavy atom. The van der Waals surface area contributed by atoms with Crippen LogP contribution < -0.4 is 5.73 Å². The van der Waals surface area contributed by atoms with Gasteiger partial charge in [0.15, 0.2) is 5.82 Å². The van der Waals surface area contributed by atoms with E-state index in [1.54, 1.807) is 0 Å². The summed E-state index contributed by atoms with van der Waals surface area (Å²) in [5.41, 5.74) is 6.00. The first-order chi connectivity index (χ1) is 7.72. The summed E-state index contributed by atoms with van der Waals surface area (Å²) in [6.07, 6.45) is 5.00. The zero-order chi connectivity index (χ0) is 11.4. The molecule has 0 radical (unpaired) electrons. The summed E-state index contributed by atoms with van der Waals surface area (Å²) in [5, 5.41) is 3.86. The third-order valence-electron chi connectivity index (χ3n) is 2.94. The van der Waals surface area contributed by atoms with E-state index >= 15 is 0 Å². The first-order valence-corrected chi connectivity index (χ1v) is 5.90. The lowest BCUT2D eigenvalue weighted by Crippen LogP contribution is -2.48. The Morgan fingerprint density at radius 1 is 1.50 bits per heavy atom. The molecule has 0 bridgehead atoms. The van der Waals surface area contributed by atoms with Crippen LogP contribution in [0.1, 0.15) is 44.3 Å². The Hall–Kier alpha value is -0.940. The zero-order valence-electron chi connectivity index (χ0n) is 9.74. The van der Waals surface area contributed by atoms with Crippen LogP contribution in [0.3, 0.4) is 0 Å². The van der Waals surface area contributed by atoms with Crippen LogP contribution in [0.2, 0.25) is 0 Å². The molecule has 2 rings (SSSR count). The van der Waals surface area contributed by atoms with Crippen molar-refractivity contribution in [2.24, 2.45) is 5.73 Å². The zero-order valence-corrected chi connectivity index (χ0v) is 9.74. The molecule has 5 nitrogen and oxygen atoms in total. The van der Waals surface area contributed by atoms with Crippen LogP contribution in [0.5, 0.6) is 0 Å². The predicted octanol–water partition coefficient (Wildman–Crippen LogP) is 1.42. The van der Waals surface area contributed by atoms with E-state index in [0.29, 0.717) is 24.7 Å². The van der Waals surface area contributed by atoms with Crippen molar-refractivity contribution in [3.63, 3.8) is 0 Å². The SMILES string of the molecule is CCCOCc1noc(CC2(N)CCC2)n1. The molecule has 1 aliphatic carbocycles. The van der Waals surface area contributed by atoms with Gasteiger partial charge < -0.3 is 15.0 Å². The molecule has 1 aromatic rings. The number of nitrogens with zero attached hydrogens (tertiary/aromatic N) is 2. The Bertz CT molecular complexity index is 334. The van der Waals surface area contributed by atoms with Crippen molar-refractivity contribution >= 4 is 0 Å². The molecular formula is C11H19N3O2. The van der Waals surface area contributed by atoms with Gasteiger partial charge in [0.25, 0.3) is 0 Å². The molecule has 0 amide bonds. The van der Waals surface area contributed by atoms with Gasteiger partial charge in [-0.05, 0) is 25.7 Å². The van der Waals surface area contributed by atoms with Gasteiger partial charge in [-0.1, -0.05) is 12.1 Å². The lowest BCUT2D eigenvalue weighted by atomic mass is 9.75. The van der Waals surface area contributed by atoms with Gasteiger partial charge in [-0.2, -0.15) is 4.98 Å². The van der Waals surface area contributed by atoms with Crippen LogP contribution in [-0.4, -0.2) is 22.3 Å². The molecule has 0 aromatic carbocycles. The molecule has 1 heterocycles. The number of hydrogen-bond donors (Lipinski definition) is 1. The second kappa shape index (κ2) is 4.93. The van der Waals surface area contributed by atoms with E-state index < -0.39 is 0 Å². The Morgan fingerprint density at radius 3 is 2.94 bits per heavy atom. The topological polar surface area (TPSA) is 74.2 Å². The maximum Gasteiger partial charge on any atom is 0.228 e. The summed E-state index contributed by atoms with van der Waals surface area (Å²) in [6.45, 7) is 3.22. The van der Waals surface area contributed by atoms with Crippen molar-refractivity contribution in [2.45, 2.75) is 51.2 Å². The maximum absolute atomic E-state index is 6.11. The third-order valence-corrected chi connectivity index (χ3v) is 2.94. The van der Waals surface area contributed by atoms with Gasteiger partial charge in [0.05, 0.1) is 0 Å². The minimum absolute atomic E-state index is 0.103. The van der Waals surface area contributed by atoms with Crippen molar-refractivity contribution in [1.82, 2.24) is 10.1 Å². The molecule has 0 spiro atoms. The molecule has 0 atom stereocenters. The van der Waals surface area contributed by atoms with Crippen molar-refractivity contribution in [2.75, 3.05) is 6.61 Å². The van der Waals surface area contributed by atoms with Crippen LogP contribution in [0.4, 0.5) is 0 Å². The van der Waals surface area contributed by atoms with E-state index in [9.17, 15) is 0 Å². The van der Waals surface area contributed by atoms with Crippen LogP contribution in [0, 0.1) is 0 Å². The normalized spacial score (nSPS) is 18.4. The predicted molar refractivity (Wildman–Crippen MR) is 58.7 cm³/mol. The first-order valence-electron chi connectivity index (χ1n) is 5.90. The fraction of sp³-hybridized carbons (Fsp3) is 0.818. The Labute approximate surface area is 95.3 Å². The fourth-order valence-corrected chi connectivity index (χ4v) is 1.84. The van der Waals surface area contributed by atoms with E-state index in [0.717, 1.165) is 25.9 Å². The highest BCUT2D eigenvalue weighted by Crippen LogP contribution is 2.31. The van der Waals surface area contributed by atoms with E-state index in [4.69, 9.17) is 15.0 Å². The summed E-state index contributed by atoms with van der Waals surface area (Å²) in [7, 11) is 0. The highest BCUT2D eigenvalue weighted by molar-refractivity contribution is 5.00. The summed E-state index contributed by atoms with van der Waals surface area (Å²) >= 11 is 0. The van der Waals surface area contributed by atoms with Crippen LogP contribution in [0.25, 0.3) is 0 Å². The van der Waals surface area contributed by atoms with Crippen molar-refractivity contribution in [3.05, 3.63) is 11.7 Å². The second-order valence-corrected chi connectivity index (χ2v) is 4.55. The standard InChI is InChI=1S/C11H19N3O2/c1-2-6-15-8-9-13-10(16-14-9)7-11(12)4-3-5-11/h2-8,12H2,1H3. The van der Waals surface area contributed by atoms with E-state index in [-0.39, 0.29) is 5.54 Å². The van der Waals surface area contributed by atoms with Crippen LogP contribution in [0.15, 0.2) is 4.52 Å². The average Bonchev–Trinajstić information content (AvgIpc) is 2.64. The fourth-order valence-electron chi connectivity index (χ4n) is 1.84. The van der Waals surface area contributed by atoms with Crippen LogP contribution in [-0.2, 0) is 17.8 Å². The number of rotatable bonds is 6. The van der Waals surface area contributed by atoms with Gasteiger partial charge in [-0.25, -0.2) is 0 Å². The quantitative estimate of drug-likeness (QED) is 0.741. The van der Waals surface area contributed by atoms with Gasteiger partial charge in [0.2, 0.25) is 5.89 Å². The van der Waals surface area contributed by atoms with Crippen molar-refractivity contribution in [3.8, 4) is 0 Å². The number of hydrogen-bond acceptors (Lipinski definition) is 5. The maximum atomic E-state index is 6.11. The summed E-state index contributed by atoms with van der Waals surface area (Å²) in [4.78, 5) is 4.27. The molecular weight excluding hydrogens is 206 g/mol. The second-order valence-electron chi connectivity index (χ2n) is 4.55. The Balaban J connectivity index is 1.82. The largest absolute Gasteiger partial charge is 0.373 e. The van der Waals surface area contributed by atoms with E-state index in [2.05, 4.69) is 17.1 Å². The molecule has 0 saturated heterocycles. The minimum atomic E-state index is -0.103. The average molecular weight is 225 g/mol. The molecule has 90 valence electrons. The molecule has 1 aliphatic rings. The van der Waals surface area contributed by atoms with Gasteiger partial charge in [0, 0.05) is 18.6 Å². The molecule has 0 aliphatic heterocycles. The highest BCUT2D eigenvalue weighted by atomic mass is 16.5. The number of aromatic nitrogens is 2. The molecule has 5 heteroatoms. The van der Waals surface area contributed by atoms with E-state index in [1.165, 1.54) is 6.42 Å². The van der Waals surface area contributed by atoms with E-state index in [1.807, 2.05) is 0 Å². The van der Waals surface area contributed by atoms with Crippen LogP contribution >= 0.6 is 0 Å². The first kappa shape index (κ1) is 11.5. The van der Waals surface area contributed by atoms with Crippen molar-refractivity contribution in [1.29, 1.82) is 0 Å². The van der Waals surface area contributed by atoms with Crippen molar-refractivity contribution < 1.29 is 9.26 Å². The lowest BCUT2D eigenvalue weighted by Gasteiger charge is -2.36. The summed E-state index contributed by atoms with van der Waals surface area (Å²) < 4.78 is 10.5. The molecule has 0 unspecified atom stereocenters. The monoisotopic (exact) mass is 225 g/mol. The van der Waals surface area contributed by atoms with Gasteiger partial charge in [-0.3, -0.25) is 0 Å². The lowest BCUT2D eigenvalue weighted by molar-refractivity contribution is 0.114. The highest BCUT2D eigenvalue weighted by Gasteiger charge is 2.34. The molecule has 16 heavy (non-hydrogen) atoms. The number of ether oxygens (including phenoxy) is 1. The summed E-state index contributed by atoms with van der Waals surface area (Å²) in [5.74, 6) is 1.25.